The van der Waals surface area contributed by atoms with Crippen LogP contribution in [-0.4, -0.2) is 20.9 Å². The molecular formula is C15H14N2O3S. The third-order valence-corrected chi connectivity index (χ3v) is 4.10. The Balaban J connectivity index is 1.83. The summed E-state index contributed by atoms with van der Waals surface area (Å²) in [6, 6.07) is 11.2. The molecule has 3 aromatic rings. The highest BCUT2D eigenvalue weighted by atomic mass is 32.2. The molecule has 2 aromatic heterocycles. The highest BCUT2D eigenvalue weighted by Gasteiger charge is 2.12. The van der Waals surface area contributed by atoms with E-state index in [0.29, 0.717) is 10.8 Å². The van der Waals surface area contributed by atoms with Gasteiger partial charge < -0.3 is 9.52 Å². The molecule has 108 valence electrons. The van der Waals surface area contributed by atoms with E-state index in [2.05, 4.69) is 24.2 Å². The number of carboxylic acids is 1. The van der Waals surface area contributed by atoms with Crippen molar-refractivity contribution in [3.63, 3.8) is 0 Å². The number of aromatic nitrogens is 2. The van der Waals surface area contributed by atoms with Gasteiger partial charge in [-0.25, -0.2) is 4.79 Å². The molecule has 0 aliphatic heterocycles. The largest absolute Gasteiger partial charge is 0.475 e. The lowest BCUT2D eigenvalue weighted by Gasteiger charge is -1.96. The van der Waals surface area contributed by atoms with E-state index in [0.717, 1.165) is 23.1 Å². The number of hydrogen-bond acceptors (Lipinski definition) is 4. The number of carboxylic acid groups (broad SMARTS) is 1. The lowest BCUT2D eigenvalue weighted by atomic mass is 10.2. The molecule has 5 nitrogen and oxygen atoms in total. The maximum atomic E-state index is 10.8. The molecule has 0 radical (unpaired) electrons. The van der Waals surface area contributed by atoms with E-state index in [1.807, 2.05) is 16.8 Å². The molecule has 3 rings (SSSR count). The van der Waals surface area contributed by atoms with Gasteiger partial charge in [0.2, 0.25) is 5.76 Å². The van der Waals surface area contributed by atoms with Gasteiger partial charge in [0.1, 0.15) is 0 Å². The lowest BCUT2D eigenvalue weighted by molar-refractivity contribution is 0.0656. The highest BCUT2D eigenvalue weighted by molar-refractivity contribution is 7.98. The summed E-state index contributed by atoms with van der Waals surface area (Å²) >= 11 is 1.44. The van der Waals surface area contributed by atoms with Crippen LogP contribution in [0.3, 0.4) is 0 Å². The Morgan fingerprint density at radius 3 is 2.86 bits per heavy atom. The zero-order valence-electron chi connectivity index (χ0n) is 11.4. The molecule has 0 atom stereocenters. The Kier molecular flexibility index (Phi) is 3.70. The summed E-state index contributed by atoms with van der Waals surface area (Å²) in [5.41, 5.74) is 2.09. The second-order valence-corrected chi connectivity index (χ2v) is 5.47. The average Bonchev–Trinajstić information content (AvgIpc) is 3.10. The lowest BCUT2D eigenvalue weighted by Crippen LogP contribution is -1.96. The Bertz CT molecular complexity index is 791. The molecular weight excluding hydrogens is 288 g/mol. The number of hydrogen-bond donors (Lipinski definition) is 1. The van der Waals surface area contributed by atoms with Crippen LogP contribution in [0.25, 0.3) is 10.9 Å². The van der Waals surface area contributed by atoms with E-state index in [1.165, 1.54) is 17.8 Å². The molecule has 0 amide bonds. The van der Waals surface area contributed by atoms with E-state index in [4.69, 9.17) is 9.52 Å². The van der Waals surface area contributed by atoms with Crippen LogP contribution in [0.1, 0.15) is 23.2 Å². The first-order valence-electron chi connectivity index (χ1n) is 6.59. The fourth-order valence-electron chi connectivity index (χ4n) is 2.20. The van der Waals surface area contributed by atoms with Gasteiger partial charge in [0.05, 0.1) is 11.2 Å². The molecule has 21 heavy (non-hydrogen) atoms. The summed E-state index contributed by atoms with van der Waals surface area (Å²) in [6.45, 7) is 2.87. The number of furan rings is 1. The van der Waals surface area contributed by atoms with Crippen LogP contribution in [0, 0.1) is 0 Å². The van der Waals surface area contributed by atoms with Gasteiger partial charge in [-0.15, -0.1) is 0 Å². The number of nitrogens with zero attached hydrogens (tertiary/aromatic N) is 2. The molecule has 0 aliphatic carbocycles. The van der Waals surface area contributed by atoms with Gasteiger partial charge in [-0.1, -0.05) is 30.0 Å². The zero-order valence-corrected chi connectivity index (χ0v) is 12.3. The molecule has 0 saturated heterocycles. The summed E-state index contributed by atoms with van der Waals surface area (Å²) in [5, 5.41) is 15.2. The minimum absolute atomic E-state index is 0.0403. The van der Waals surface area contributed by atoms with Crippen molar-refractivity contribution < 1.29 is 14.3 Å². The fourth-order valence-corrected chi connectivity index (χ4v) is 3.00. The highest BCUT2D eigenvalue weighted by Crippen LogP contribution is 2.28. The monoisotopic (exact) mass is 302 g/mol. The van der Waals surface area contributed by atoms with Crippen LogP contribution in [0.5, 0.6) is 0 Å². The van der Waals surface area contributed by atoms with Crippen LogP contribution in [0.4, 0.5) is 0 Å². The van der Waals surface area contributed by atoms with Crippen molar-refractivity contribution in [2.75, 3.05) is 0 Å². The number of rotatable bonds is 5. The average molecular weight is 302 g/mol. The van der Waals surface area contributed by atoms with Gasteiger partial charge in [0.25, 0.3) is 0 Å². The molecule has 0 aliphatic rings. The Hall–Kier alpha value is -2.21. The number of fused-ring (bicyclic) bond motifs is 1. The van der Waals surface area contributed by atoms with Gasteiger partial charge >= 0.3 is 5.97 Å². The molecule has 0 bridgehead atoms. The third-order valence-electron chi connectivity index (χ3n) is 3.18. The van der Waals surface area contributed by atoms with Crippen molar-refractivity contribution in [1.82, 2.24) is 9.78 Å². The van der Waals surface area contributed by atoms with Gasteiger partial charge in [0.15, 0.2) is 5.09 Å². The van der Waals surface area contributed by atoms with E-state index in [9.17, 15) is 4.79 Å². The van der Waals surface area contributed by atoms with Crippen molar-refractivity contribution in [2.45, 2.75) is 24.3 Å². The van der Waals surface area contributed by atoms with Gasteiger partial charge in [-0.2, -0.15) is 5.10 Å². The minimum atomic E-state index is -1.05. The summed E-state index contributed by atoms with van der Waals surface area (Å²) in [6.07, 6.45) is 0. The molecule has 0 fully saturated rings. The maximum absolute atomic E-state index is 10.8. The predicted molar refractivity (Wildman–Crippen MR) is 80.6 cm³/mol. The second-order valence-electron chi connectivity index (χ2n) is 4.49. The number of aryl methyl sites for hydroxylation is 1. The standard InChI is InChI=1S/C15H14N2O3S/c1-2-17-12-6-4-3-5-10(12)11(16-17)9-21-14-8-7-13(20-14)15(18)19/h3-8H,2,9H2,1H3,(H,18,19). The first kappa shape index (κ1) is 13.8. The maximum Gasteiger partial charge on any atom is 0.371 e. The van der Waals surface area contributed by atoms with Gasteiger partial charge in [-0.3, -0.25) is 4.68 Å². The van der Waals surface area contributed by atoms with E-state index in [-0.39, 0.29) is 5.76 Å². The molecule has 0 unspecified atom stereocenters. The van der Waals surface area contributed by atoms with E-state index in [1.54, 1.807) is 6.07 Å². The molecule has 1 N–H and O–H groups in total. The predicted octanol–water partition coefficient (Wildman–Crippen LogP) is 3.64. The van der Waals surface area contributed by atoms with Crippen LogP contribution in [0.2, 0.25) is 0 Å². The summed E-state index contributed by atoms with van der Waals surface area (Å²) in [4.78, 5) is 10.8. The van der Waals surface area contributed by atoms with Crippen molar-refractivity contribution in [3.8, 4) is 0 Å². The first-order valence-corrected chi connectivity index (χ1v) is 7.58. The van der Waals surface area contributed by atoms with E-state index >= 15 is 0 Å². The minimum Gasteiger partial charge on any atom is -0.475 e. The smallest absolute Gasteiger partial charge is 0.371 e. The first-order chi connectivity index (χ1) is 10.2. The Labute approximate surface area is 125 Å². The van der Waals surface area contributed by atoms with Crippen molar-refractivity contribution in [3.05, 3.63) is 47.9 Å². The number of aromatic carboxylic acids is 1. The topological polar surface area (TPSA) is 68.3 Å². The van der Waals surface area contributed by atoms with Gasteiger partial charge in [0, 0.05) is 17.7 Å². The van der Waals surface area contributed by atoms with Crippen molar-refractivity contribution in [2.24, 2.45) is 0 Å². The van der Waals surface area contributed by atoms with Crippen LogP contribution >= 0.6 is 11.8 Å². The quantitative estimate of drug-likeness (QED) is 0.729. The molecule has 0 saturated carbocycles. The SMILES string of the molecule is CCn1nc(CSc2ccc(C(=O)O)o2)c2ccccc21. The number of carbonyl (C=O) groups is 1. The molecule has 1 aromatic carbocycles. The normalized spacial score (nSPS) is 11.1. The van der Waals surface area contributed by atoms with Crippen molar-refractivity contribution >= 4 is 28.6 Å². The zero-order chi connectivity index (χ0) is 14.8. The van der Waals surface area contributed by atoms with Crippen LogP contribution in [-0.2, 0) is 12.3 Å². The molecule has 2 heterocycles. The number of thioether (sulfide) groups is 1. The third kappa shape index (κ3) is 2.67. The van der Waals surface area contributed by atoms with Crippen molar-refractivity contribution in [1.29, 1.82) is 0 Å². The second kappa shape index (κ2) is 5.65. The number of para-hydroxylation sites is 1. The fraction of sp³-hybridized carbons (Fsp3) is 0.200. The summed E-state index contributed by atoms with van der Waals surface area (Å²) < 4.78 is 7.21. The van der Waals surface area contributed by atoms with E-state index < -0.39 is 5.97 Å². The summed E-state index contributed by atoms with van der Waals surface area (Å²) in [7, 11) is 0. The summed E-state index contributed by atoms with van der Waals surface area (Å²) in [5.74, 6) is -0.455. The van der Waals surface area contributed by atoms with Gasteiger partial charge in [-0.05, 0) is 25.1 Å². The molecule has 6 heteroatoms. The van der Waals surface area contributed by atoms with Crippen LogP contribution < -0.4 is 0 Å². The molecule has 0 spiro atoms. The Morgan fingerprint density at radius 2 is 2.14 bits per heavy atom. The van der Waals surface area contributed by atoms with Crippen LogP contribution in [0.15, 0.2) is 45.9 Å². The Morgan fingerprint density at radius 1 is 1.33 bits per heavy atom. The number of benzene rings is 1.